The summed E-state index contributed by atoms with van der Waals surface area (Å²) < 4.78 is 11.1. The minimum Gasteiger partial charge on any atom is -0.497 e. The maximum atomic E-state index is 12.1. The standard InChI is InChI=1S/C22H18ClN3O3S/c1-28-17-8-6-16(7-9-17)25-15-4-2-14(3-5-15)19-12-18(29-26-19)13-24-22(27)20-10-11-21(23)30-20/h2-12,25H,13H2,1H3,(H,24,27). The molecule has 0 atom stereocenters. The van der Waals surface area contributed by atoms with Crippen LogP contribution in [0.2, 0.25) is 4.34 Å². The Morgan fingerprint density at radius 1 is 1.07 bits per heavy atom. The second kappa shape index (κ2) is 9.02. The van der Waals surface area contributed by atoms with Gasteiger partial charge in [0.1, 0.15) is 11.4 Å². The number of amides is 1. The van der Waals surface area contributed by atoms with Gasteiger partial charge in [-0.05, 0) is 48.5 Å². The summed E-state index contributed by atoms with van der Waals surface area (Å²) in [6, 6.07) is 20.8. The van der Waals surface area contributed by atoms with Crippen LogP contribution in [0.3, 0.4) is 0 Å². The summed E-state index contributed by atoms with van der Waals surface area (Å²) in [5, 5.41) is 10.2. The van der Waals surface area contributed by atoms with Crippen LogP contribution in [0.5, 0.6) is 5.75 Å². The van der Waals surface area contributed by atoms with Gasteiger partial charge in [0.25, 0.3) is 5.91 Å². The number of hydrogen-bond acceptors (Lipinski definition) is 6. The van der Waals surface area contributed by atoms with Crippen LogP contribution in [0.1, 0.15) is 15.4 Å². The van der Waals surface area contributed by atoms with Crippen LogP contribution in [0.15, 0.2) is 71.3 Å². The Hall–Kier alpha value is -3.29. The molecule has 6 nitrogen and oxygen atoms in total. The molecule has 2 aromatic carbocycles. The first kappa shape index (κ1) is 20.0. The van der Waals surface area contributed by atoms with E-state index < -0.39 is 0 Å². The highest BCUT2D eigenvalue weighted by molar-refractivity contribution is 7.17. The molecule has 30 heavy (non-hydrogen) atoms. The smallest absolute Gasteiger partial charge is 0.261 e. The molecule has 0 saturated carbocycles. The van der Waals surface area contributed by atoms with E-state index in [-0.39, 0.29) is 12.5 Å². The number of anilines is 2. The van der Waals surface area contributed by atoms with Crippen LogP contribution >= 0.6 is 22.9 Å². The summed E-state index contributed by atoms with van der Waals surface area (Å²) in [7, 11) is 1.64. The first-order valence-electron chi connectivity index (χ1n) is 9.11. The Bertz CT molecular complexity index is 1140. The van der Waals surface area contributed by atoms with E-state index >= 15 is 0 Å². The normalized spacial score (nSPS) is 10.6. The van der Waals surface area contributed by atoms with Gasteiger partial charge < -0.3 is 19.9 Å². The van der Waals surface area contributed by atoms with E-state index in [4.69, 9.17) is 20.9 Å². The molecule has 0 unspecified atom stereocenters. The molecule has 0 bridgehead atoms. The predicted molar refractivity (Wildman–Crippen MR) is 119 cm³/mol. The molecule has 0 aliphatic carbocycles. The highest BCUT2D eigenvalue weighted by atomic mass is 35.5. The topological polar surface area (TPSA) is 76.4 Å². The van der Waals surface area contributed by atoms with Gasteiger partial charge in [0, 0.05) is 23.0 Å². The zero-order chi connectivity index (χ0) is 20.9. The van der Waals surface area contributed by atoms with Crippen molar-refractivity contribution in [1.82, 2.24) is 10.5 Å². The summed E-state index contributed by atoms with van der Waals surface area (Å²) in [6.45, 7) is 0.248. The van der Waals surface area contributed by atoms with Gasteiger partial charge in [-0.3, -0.25) is 4.79 Å². The number of nitrogens with one attached hydrogen (secondary N) is 2. The van der Waals surface area contributed by atoms with Gasteiger partial charge in [-0.25, -0.2) is 0 Å². The number of thiophene rings is 1. The molecule has 0 fully saturated rings. The minimum absolute atomic E-state index is 0.196. The molecule has 1 amide bonds. The molecule has 152 valence electrons. The fraction of sp³-hybridized carbons (Fsp3) is 0.0909. The third-order valence-electron chi connectivity index (χ3n) is 4.34. The first-order valence-corrected chi connectivity index (χ1v) is 10.3. The molecule has 0 aliphatic rings. The molecule has 2 aromatic heterocycles. The van der Waals surface area contributed by atoms with Crippen molar-refractivity contribution in [2.75, 3.05) is 12.4 Å². The van der Waals surface area contributed by atoms with Crippen molar-refractivity contribution in [1.29, 1.82) is 0 Å². The van der Waals surface area contributed by atoms with Gasteiger partial charge >= 0.3 is 0 Å². The monoisotopic (exact) mass is 439 g/mol. The van der Waals surface area contributed by atoms with Gasteiger partial charge in [-0.2, -0.15) is 0 Å². The fourth-order valence-electron chi connectivity index (χ4n) is 2.79. The Kier molecular flexibility index (Phi) is 6.02. The number of aromatic nitrogens is 1. The predicted octanol–water partition coefficient (Wildman–Crippen LogP) is 5.74. The highest BCUT2D eigenvalue weighted by Crippen LogP contribution is 2.25. The zero-order valence-corrected chi connectivity index (χ0v) is 17.6. The quantitative estimate of drug-likeness (QED) is 0.384. The van der Waals surface area contributed by atoms with Crippen LogP contribution in [-0.2, 0) is 6.54 Å². The third kappa shape index (κ3) is 4.82. The van der Waals surface area contributed by atoms with Crippen LogP contribution < -0.4 is 15.4 Å². The van der Waals surface area contributed by atoms with Crippen LogP contribution in [-0.4, -0.2) is 18.2 Å². The molecule has 0 spiro atoms. The number of carbonyl (C=O) groups excluding carboxylic acids is 1. The van der Waals surface area contributed by atoms with Crippen molar-refractivity contribution >= 4 is 40.2 Å². The van der Waals surface area contributed by atoms with Gasteiger partial charge in [0.15, 0.2) is 5.76 Å². The van der Waals surface area contributed by atoms with Crippen LogP contribution in [0, 0.1) is 0 Å². The molecule has 2 heterocycles. The van der Waals surface area contributed by atoms with Gasteiger partial charge in [0.05, 0.1) is 22.9 Å². The van der Waals surface area contributed by atoms with E-state index in [9.17, 15) is 4.79 Å². The molecule has 8 heteroatoms. The Labute approximate surface area is 182 Å². The van der Waals surface area contributed by atoms with E-state index in [2.05, 4.69) is 15.8 Å². The lowest BCUT2D eigenvalue weighted by molar-refractivity contribution is 0.0951. The number of methoxy groups -OCH3 is 1. The zero-order valence-electron chi connectivity index (χ0n) is 16.0. The molecule has 0 saturated heterocycles. The lowest BCUT2D eigenvalue weighted by Crippen LogP contribution is -2.21. The second-order valence-corrected chi connectivity index (χ2v) is 8.11. The average molecular weight is 440 g/mol. The number of halogens is 1. The molecule has 0 radical (unpaired) electrons. The Morgan fingerprint density at radius 2 is 1.77 bits per heavy atom. The SMILES string of the molecule is COc1ccc(Nc2ccc(-c3cc(CNC(=O)c4ccc(Cl)s4)on3)cc2)cc1. The average Bonchev–Trinajstić information content (AvgIpc) is 3.42. The van der Waals surface area contributed by atoms with Crippen molar-refractivity contribution in [2.45, 2.75) is 6.54 Å². The van der Waals surface area contributed by atoms with Gasteiger partial charge in [0.2, 0.25) is 0 Å². The minimum atomic E-state index is -0.196. The van der Waals surface area contributed by atoms with Crippen LogP contribution in [0.4, 0.5) is 11.4 Å². The van der Waals surface area contributed by atoms with Crippen LogP contribution in [0.25, 0.3) is 11.3 Å². The number of benzene rings is 2. The molecule has 2 N–H and O–H groups in total. The maximum absolute atomic E-state index is 12.1. The Morgan fingerprint density at radius 3 is 2.40 bits per heavy atom. The van der Waals surface area contributed by atoms with E-state index in [0.29, 0.717) is 20.7 Å². The maximum Gasteiger partial charge on any atom is 0.261 e. The van der Waals surface area contributed by atoms with E-state index in [1.807, 2.05) is 54.6 Å². The molecular weight excluding hydrogens is 422 g/mol. The number of rotatable bonds is 7. The third-order valence-corrected chi connectivity index (χ3v) is 5.57. The number of hydrogen-bond donors (Lipinski definition) is 2. The Balaban J connectivity index is 1.36. The van der Waals surface area contributed by atoms with Crippen molar-refractivity contribution in [2.24, 2.45) is 0 Å². The largest absolute Gasteiger partial charge is 0.497 e. The van der Waals surface area contributed by atoms with Crippen molar-refractivity contribution in [3.8, 4) is 17.0 Å². The molecule has 4 rings (SSSR count). The second-order valence-electron chi connectivity index (χ2n) is 6.40. The van der Waals surface area contributed by atoms with Gasteiger partial charge in [-0.1, -0.05) is 28.9 Å². The number of nitrogens with zero attached hydrogens (tertiary/aromatic N) is 1. The summed E-state index contributed by atoms with van der Waals surface area (Å²) >= 11 is 7.09. The highest BCUT2D eigenvalue weighted by Gasteiger charge is 2.11. The summed E-state index contributed by atoms with van der Waals surface area (Å²) in [6.07, 6.45) is 0. The molecule has 0 aliphatic heterocycles. The summed E-state index contributed by atoms with van der Waals surface area (Å²) in [5.74, 6) is 1.19. The summed E-state index contributed by atoms with van der Waals surface area (Å²) in [4.78, 5) is 12.7. The van der Waals surface area contributed by atoms with E-state index in [1.165, 1.54) is 11.3 Å². The molecular formula is C22H18ClN3O3S. The van der Waals surface area contributed by atoms with Crippen molar-refractivity contribution < 1.29 is 14.1 Å². The lowest BCUT2D eigenvalue weighted by Gasteiger charge is -2.07. The van der Waals surface area contributed by atoms with Crippen molar-refractivity contribution in [3.05, 3.63) is 81.7 Å². The van der Waals surface area contributed by atoms with E-state index in [1.54, 1.807) is 19.2 Å². The summed E-state index contributed by atoms with van der Waals surface area (Å²) in [5.41, 5.74) is 3.54. The van der Waals surface area contributed by atoms with Gasteiger partial charge in [-0.15, -0.1) is 11.3 Å². The van der Waals surface area contributed by atoms with E-state index in [0.717, 1.165) is 22.7 Å². The van der Waals surface area contributed by atoms with Crippen molar-refractivity contribution in [3.63, 3.8) is 0 Å². The first-order chi connectivity index (χ1) is 14.6. The lowest BCUT2D eigenvalue weighted by atomic mass is 10.1. The fourth-order valence-corrected chi connectivity index (χ4v) is 3.75. The molecule has 4 aromatic rings. The number of carbonyl (C=O) groups is 1. The number of ether oxygens (including phenoxy) is 1.